The molecule has 0 amide bonds. The van der Waals surface area contributed by atoms with Crippen LogP contribution in [0, 0.1) is 13.8 Å². The van der Waals surface area contributed by atoms with Crippen LogP contribution in [0.15, 0.2) is 0 Å². The number of aromatic amines is 2. The maximum Gasteiger partial charge on any atom is 0.166 e. The van der Waals surface area contributed by atoms with E-state index in [9.17, 15) is 9.59 Å². The van der Waals surface area contributed by atoms with Crippen LogP contribution in [0.25, 0.3) is 0 Å². The van der Waals surface area contributed by atoms with Gasteiger partial charge in [0.2, 0.25) is 0 Å². The number of nitrogens with one attached hydrogen (secondary N) is 2. The zero-order chi connectivity index (χ0) is 17.0. The van der Waals surface area contributed by atoms with Gasteiger partial charge < -0.3 is 9.97 Å². The van der Waals surface area contributed by atoms with Crippen molar-refractivity contribution in [2.24, 2.45) is 0 Å². The lowest BCUT2D eigenvalue weighted by molar-refractivity contribution is 0.111. The van der Waals surface area contributed by atoms with Crippen molar-refractivity contribution in [2.75, 3.05) is 0 Å². The minimum atomic E-state index is 0.687. The van der Waals surface area contributed by atoms with E-state index in [1.54, 1.807) is 0 Å². The number of carbonyl (C=O) groups excluding carboxylic acids is 2. The molecule has 0 fully saturated rings. The molecule has 0 saturated heterocycles. The van der Waals surface area contributed by atoms with E-state index >= 15 is 0 Å². The first-order valence-corrected chi connectivity index (χ1v) is 8.38. The van der Waals surface area contributed by atoms with Gasteiger partial charge in [0, 0.05) is 17.8 Å². The zero-order valence-corrected chi connectivity index (χ0v) is 14.5. The number of rotatable bonds is 8. The summed E-state index contributed by atoms with van der Waals surface area (Å²) < 4.78 is 0. The summed E-state index contributed by atoms with van der Waals surface area (Å²) in [5.41, 5.74) is 8.04. The summed E-state index contributed by atoms with van der Waals surface area (Å²) in [6, 6.07) is 0. The van der Waals surface area contributed by atoms with Crippen molar-refractivity contribution in [3.8, 4) is 0 Å². The highest BCUT2D eigenvalue weighted by Gasteiger charge is 2.17. The van der Waals surface area contributed by atoms with Gasteiger partial charge in [-0.1, -0.05) is 26.7 Å². The van der Waals surface area contributed by atoms with E-state index in [1.165, 1.54) is 0 Å². The molecule has 2 rings (SSSR count). The SMILES string of the molecule is CCCc1c(C=O)[nH]c(Cc2[nH]c(C=O)c(CCC)c2C)c1C. The fourth-order valence-corrected chi connectivity index (χ4v) is 3.31. The molecule has 0 aromatic carbocycles. The van der Waals surface area contributed by atoms with Crippen LogP contribution >= 0.6 is 0 Å². The van der Waals surface area contributed by atoms with Crippen LogP contribution in [0.1, 0.15) is 81.3 Å². The Morgan fingerprint density at radius 3 is 1.48 bits per heavy atom. The van der Waals surface area contributed by atoms with Crippen molar-refractivity contribution in [1.29, 1.82) is 0 Å². The van der Waals surface area contributed by atoms with Crippen LogP contribution in [-0.2, 0) is 19.3 Å². The highest BCUT2D eigenvalue weighted by molar-refractivity contribution is 5.77. The third kappa shape index (κ3) is 3.31. The topological polar surface area (TPSA) is 65.7 Å². The number of hydrogen-bond donors (Lipinski definition) is 2. The Morgan fingerprint density at radius 2 is 1.17 bits per heavy atom. The Labute approximate surface area is 137 Å². The van der Waals surface area contributed by atoms with E-state index < -0.39 is 0 Å². The molecule has 124 valence electrons. The predicted octanol–water partition coefficient (Wildman–Crippen LogP) is 4.08. The molecular weight excluding hydrogens is 288 g/mol. The molecule has 0 radical (unpaired) electrons. The third-order valence-electron chi connectivity index (χ3n) is 4.62. The van der Waals surface area contributed by atoms with Crippen molar-refractivity contribution in [2.45, 2.75) is 59.8 Å². The highest BCUT2D eigenvalue weighted by atomic mass is 16.1. The number of carbonyl (C=O) groups is 2. The minimum absolute atomic E-state index is 0.687. The Morgan fingerprint density at radius 1 is 0.783 bits per heavy atom. The standard InChI is InChI=1S/C19H26N2O2/c1-5-7-14-12(3)16(20-18(14)10-22)9-17-13(4)15(8-6-2)19(11-23)21-17/h10-11,20-21H,5-9H2,1-4H3. The van der Waals surface area contributed by atoms with Gasteiger partial charge in [-0.05, 0) is 48.9 Å². The van der Waals surface area contributed by atoms with Crippen molar-refractivity contribution < 1.29 is 9.59 Å². The Balaban J connectivity index is 2.40. The fraction of sp³-hybridized carbons (Fsp3) is 0.474. The van der Waals surface area contributed by atoms with E-state index in [2.05, 4.69) is 37.7 Å². The summed E-state index contributed by atoms with van der Waals surface area (Å²) in [6.07, 6.45) is 6.33. The summed E-state index contributed by atoms with van der Waals surface area (Å²) >= 11 is 0. The van der Waals surface area contributed by atoms with Gasteiger partial charge >= 0.3 is 0 Å². The number of H-pyrrole nitrogens is 2. The van der Waals surface area contributed by atoms with Gasteiger partial charge in [-0.25, -0.2) is 0 Å². The number of aromatic nitrogens is 2. The largest absolute Gasteiger partial charge is 0.355 e. The molecule has 0 aliphatic carbocycles. The van der Waals surface area contributed by atoms with E-state index in [0.29, 0.717) is 17.8 Å². The Bertz CT molecular complexity index is 647. The molecule has 2 aromatic rings. The number of aldehydes is 2. The van der Waals surface area contributed by atoms with Crippen LogP contribution in [0.3, 0.4) is 0 Å². The summed E-state index contributed by atoms with van der Waals surface area (Å²) in [7, 11) is 0. The second-order valence-corrected chi connectivity index (χ2v) is 6.15. The van der Waals surface area contributed by atoms with Gasteiger partial charge in [0.1, 0.15) is 0 Å². The van der Waals surface area contributed by atoms with Crippen LogP contribution < -0.4 is 0 Å². The van der Waals surface area contributed by atoms with Gasteiger partial charge in [-0.3, -0.25) is 9.59 Å². The van der Waals surface area contributed by atoms with E-state index in [1.807, 2.05) is 0 Å². The molecule has 2 N–H and O–H groups in total. The second-order valence-electron chi connectivity index (χ2n) is 6.15. The lowest BCUT2D eigenvalue weighted by Gasteiger charge is -2.03. The van der Waals surface area contributed by atoms with Gasteiger partial charge in [0.25, 0.3) is 0 Å². The molecule has 23 heavy (non-hydrogen) atoms. The van der Waals surface area contributed by atoms with Gasteiger partial charge in [0.15, 0.2) is 12.6 Å². The predicted molar refractivity (Wildman–Crippen MR) is 92.6 cm³/mol. The Hall–Kier alpha value is -2.10. The normalized spacial score (nSPS) is 11.0. The summed E-state index contributed by atoms with van der Waals surface area (Å²) in [5, 5.41) is 0. The van der Waals surface area contributed by atoms with Crippen LogP contribution in [-0.4, -0.2) is 22.5 Å². The van der Waals surface area contributed by atoms with Gasteiger partial charge in [-0.2, -0.15) is 0 Å². The summed E-state index contributed by atoms with van der Waals surface area (Å²) in [4.78, 5) is 29.1. The molecule has 4 nitrogen and oxygen atoms in total. The van der Waals surface area contributed by atoms with Crippen LogP contribution in [0.2, 0.25) is 0 Å². The van der Waals surface area contributed by atoms with E-state index in [4.69, 9.17) is 0 Å². The van der Waals surface area contributed by atoms with Gasteiger partial charge in [-0.15, -0.1) is 0 Å². The van der Waals surface area contributed by atoms with Crippen molar-refractivity contribution in [3.05, 3.63) is 45.0 Å². The smallest absolute Gasteiger partial charge is 0.166 e. The average Bonchev–Trinajstić information content (AvgIpc) is 3.01. The quantitative estimate of drug-likeness (QED) is 0.721. The molecule has 0 aliphatic rings. The van der Waals surface area contributed by atoms with E-state index in [0.717, 1.165) is 71.9 Å². The third-order valence-corrected chi connectivity index (χ3v) is 4.62. The van der Waals surface area contributed by atoms with Crippen molar-refractivity contribution >= 4 is 12.6 Å². The first kappa shape index (κ1) is 17.3. The maximum atomic E-state index is 11.3. The molecule has 0 aliphatic heterocycles. The van der Waals surface area contributed by atoms with Crippen LogP contribution in [0.5, 0.6) is 0 Å². The highest BCUT2D eigenvalue weighted by Crippen LogP contribution is 2.25. The van der Waals surface area contributed by atoms with Crippen molar-refractivity contribution in [1.82, 2.24) is 9.97 Å². The molecule has 2 heterocycles. The average molecular weight is 314 g/mol. The number of hydrogen-bond acceptors (Lipinski definition) is 2. The fourth-order valence-electron chi connectivity index (χ4n) is 3.31. The minimum Gasteiger partial charge on any atom is -0.355 e. The molecule has 0 saturated carbocycles. The zero-order valence-electron chi connectivity index (χ0n) is 14.5. The summed E-state index contributed by atoms with van der Waals surface area (Å²) in [5.74, 6) is 0. The molecule has 0 bridgehead atoms. The van der Waals surface area contributed by atoms with Crippen molar-refractivity contribution in [3.63, 3.8) is 0 Å². The lowest BCUT2D eigenvalue weighted by atomic mass is 10.0. The van der Waals surface area contributed by atoms with E-state index in [-0.39, 0.29) is 0 Å². The molecular formula is C19H26N2O2. The van der Waals surface area contributed by atoms with Gasteiger partial charge in [0.05, 0.1) is 11.4 Å². The lowest BCUT2D eigenvalue weighted by Crippen LogP contribution is -1.95. The molecule has 0 atom stereocenters. The van der Waals surface area contributed by atoms with Crippen LogP contribution in [0.4, 0.5) is 0 Å². The molecule has 2 aromatic heterocycles. The molecule has 0 unspecified atom stereocenters. The Kier molecular flexibility index (Phi) is 5.59. The molecule has 4 heteroatoms. The maximum absolute atomic E-state index is 11.3. The molecule has 0 spiro atoms. The second kappa shape index (κ2) is 7.44. The first-order chi connectivity index (χ1) is 11.1. The summed E-state index contributed by atoms with van der Waals surface area (Å²) in [6.45, 7) is 8.36. The monoisotopic (exact) mass is 314 g/mol. The first-order valence-electron chi connectivity index (χ1n) is 8.38.